The molecule has 1 aliphatic rings. The van der Waals surface area contributed by atoms with Crippen LogP contribution in [0.5, 0.6) is 0 Å². The van der Waals surface area contributed by atoms with Crippen LogP contribution in [-0.2, 0) is 4.74 Å². The second kappa shape index (κ2) is 13.4. The molecule has 1 atom stereocenters. The topological polar surface area (TPSA) is 12.5 Å². The molecule has 1 aliphatic carbocycles. The summed E-state index contributed by atoms with van der Waals surface area (Å²) in [5.74, 6) is 0. The van der Waals surface area contributed by atoms with Gasteiger partial charge in [0.1, 0.15) is 0 Å². The molecule has 1 unspecified atom stereocenters. The molecule has 1 fully saturated rings. The largest absolute Gasteiger partial charge is 0.377 e. The van der Waals surface area contributed by atoms with Crippen LogP contribution in [0.4, 0.5) is 0 Å². The summed E-state index contributed by atoms with van der Waals surface area (Å²) in [5.41, 5.74) is 0. The highest BCUT2D eigenvalue weighted by Gasteiger charge is 2.18. The van der Waals surface area contributed by atoms with E-state index in [1.54, 1.807) is 0 Å². The van der Waals surface area contributed by atoms with Crippen molar-refractivity contribution in [1.82, 2.24) is 4.90 Å². The van der Waals surface area contributed by atoms with Crippen molar-refractivity contribution in [2.75, 3.05) is 20.7 Å². The molecular weight excluding hydrogens is 270 g/mol. The molecule has 0 aliphatic heterocycles. The van der Waals surface area contributed by atoms with Crippen molar-refractivity contribution in [2.45, 2.75) is 109 Å². The van der Waals surface area contributed by atoms with Crippen LogP contribution in [0.1, 0.15) is 96.8 Å². The molecular formula is C20H41NO. The van der Waals surface area contributed by atoms with E-state index in [2.05, 4.69) is 25.9 Å². The molecule has 0 N–H and O–H groups in total. The highest BCUT2D eigenvalue weighted by atomic mass is 16.5. The van der Waals surface area contributed by atoms with Crippen LogP contribution in [0.25, 0.3) is 0 Å². The Balaban J connectivity index is 1.96. The van der Waals surface area contributed by atoms with E-state index in [-0.39, 0.29) is 0 Å². The highest BCUT2D eigenvalue weighted by Crippen LogP contribution is 2.22. The molecule has 0 amide bonds. The van der Waals surface area contributed by atoms with Gasteiger partial charge in [-0.05, 0) is 33.4 Å². The van der Waals surface area contributed by atoms with Crippen molar-refractivity contribution in [3.8, 4) is 0 Å². The van der Waals surface area contributed by atoms with Gasteiger partial charge in [-0.2, -0.15) is 0 Å². The zero-order valence-corrected chi connectivity index (χ0v) is 15.6. The number of rotatable bonds is 14. The first-order valence-electron chi connectivity index (χ1n) is 10.0. The van der Waals surface area contributed by atoms with Gasteiger partial charge in [-0.15, -0.1) is 0 Å². The molecule has 132 valence electrons. The number of hydrogen-bond donors (Lipinski definition) is 0. The van der Waals surface area contributed by atoms with Gasteiger partial charge in [0.25, 0.3) is 0 Å². The van der Waals surface area contributed by atoms with Crippen molar-refractivity contribution in [3.63, 3.8) is 0 Å². The summed E-state index contributed by atoms with van der Waals surface area (Å²) >= 11 is 0. The van der Waals surface area contributed by atoms with Crippen LogP contribution >= 0.6 is 0 Å². The van der Waals surface area contributed by atoms with Crippen LogP contribution in [0.2, 0.25) is 0 Å². The maximum Gasteiger partial charge on any atom is 0.0625 e. The number of hydrogen-bond acceptors (Lipinski definition) is 2. The lowest BCUT2D eigenvalue weighted by Gasteiger charge is -2.25. The number of unbranched alkanes of at least 4 members (excludes halogenated alkanes) is 8. The standard InChI is InChI=1S/C20H41NO/c1-4-5-6-7-8-9-10-11-12-15-19(21(2)3)18-22-20-16-13-14-17-20/h19-20H,4-18H2,1-3H3. The van der Waals surface area contributed by atoms with Gasteiger partial charge in [0, 0.05) is 6.04 Å². The first kappa shape index (κ1) is 20.0. The lowest BCUT2D eigenvalue weighted by Crippen LogP contribution is -2.33. The molecule has 0 bridgehead atoms. The Morgan fingerprint density at radius 3 is 1.95 bits per heavy atom. The zero-order valence-electron chi connectivity index (χ0n) is 15.6. The minimum Gasteiger partial charge on any atom is -0.377 e. The predicted molar refractivity (Wildman–Crippen MR) is 97.5 cm³/mol. The molecule has 2 nitrogen and oxygen atoms in total. The Labute approximate surface area is 140 Å². The van der Waals surface area contributed by atoms with E-state index in [1.165, 1.54) is 89.9 Å². The fourth-order valence-corrected chi connectivity index (χ4v) is 3.48. The van der Waals surface area contributed by atoms with Gasteiger partial charge >= 0.3 is 0 Å². The van der Waals surface area contributed by atoms with Crippen LogP contribution in [-0.4, -0.2) is 37.7 Å². The molecule has 0 heterocycles. The number of nitrogens with zero attached hydrogens (tertiary/aromatic N) is 1. The van der Waals surface area contributed by atoms with Gasteiger partial charge in [0.15, 0.2) is 0 Å². The van der Waals surface area contributed by atoms with Gasteiger partial charge < -0.3 is 9.64 Å². The zero-order chi connectivity index (χ0) is 16.0. The molecule has 0 spiro atoms. The third-order valence-corrected chi connectivity index (χ3v) is 5.20. The Bertz CT molecular complexity index is 236. The summed E-state index contributed by atoms with van der Waals surface area (Å²) < 4.78 is 6.12. The summed E-state index contributed by atoms with van der Waals surface area (Å²) in [6.45, 7) is 3.23. The van der Waals surface area contributed by atoms with Gasteiger partial charge in [0.2, 0.25) is 0 Å². The summed E-state index contributed by atoms with van der Waals surface area (Å²) in [6, 6.07) is 0.616. The quantitative estimate of drug-likeness (QED) is 0.376. The first-order valence-corrected chi connectivity index (χ1v) is 10.0. The van der Waals surface area contributed by atoms with Crippen LogP contribution in [0.15, 0.2) is 0 Å². The molecule has 0 aromatic rings. The van der Waals surface area contributed by atoms with E-state index in [4.69, 9.17) is 4.74 Å². The Kier molecular flexibility index (Phi) is 12.1. The third kappa shape index (κ3) is 9.84. The number of ether oxygens (including phenoxy) is 1. The van der Waals surface area contributed by atoms with E-state index in [1.807, 2.05) is 0 Å². The van der Waals surface area contributed by atoms with E-state index in [0.29, 0.717) is 12.1 Å². The second-order valence-corrected chi connectivity index (χ2v) is 7.47. The average Bonchev–Trinajstić information content (AvgIpc) is 3.01. The summed E-state index contributed by atoms with van der Waals surface area (Å²) in [6.07, 6.45) is 19.9. The van der Waals surface area contributed by atoms with Crippen LogP contribution in [0.3, 0.4) is 0 Å². The molecule has 0 aromatic carbocycles. The van der Waals surface area contributed by atoms with Crippen molar-refractivity contribution < 1.29 is 4.74 Å². The number of likely N-dealkylation sites (N-methyl/N-ethyl adjacent to an activating group) is 1. The van der Waals surface area contributed by atoms with Crippen LogP contribution < -0.4 is 0 Å². The van der Waals surface area contributed by atoms with Gasteiger partial charge in [0.05, 0.1) is 12.7 Å². The lowest BCUT2D eigenvalue weighted by molar-refractivity contribution is 0.0200. The molecule has 1 rings (SSSR count). The van der Waals surface area contributed by atoms with Crippen molar-refractivity contribution in [2.24, 2.45) is 0 Å². The molecule has 0 aromatic heterocycles. The molecule has 1 saturated carbocycles. The first-order chi connectivity index (χ1) is 10.7. The van der Waals surface area contributed by atoms with Gasteiger partial charge in [-0.25, -0.2) is 0 Å². The Morgan fingerprint density at radius 1 is 0.864 bits per heavy atom. The SMILES string of the molecule is CCCCCCCCCCCC(COC1CCCC1)N(C)C. The monoisotopic (exact) mass is 311 g/mol. The van der Waals surface area contributed by atoms with Gasteiger partial charge in [-0.1, -0.05) is 77.6 Å². The third-order valence-electron chi connectivity index (χ3n) is 5.20. The smallest absolute Gasteiger partial charge is 0.0625 e. The van der Waals surface area contributed by atoms with Crippen molar-refractivity contribution >= 4 is 0 Å². The minimum atomic E-state index is 0.561. The summed E-state index contributed by atoms with van der Waals surface area (Å²) in [7, 11) is 4.41. The molecule has 22 heavy (non-hydrogen) atoms. The maximum atomic E-state index is 6.12. The van der Waals surface area contributed by atoms with Crippen molar-refractivity contribution in [1.29, 1.82) is 0 Å². The average molecular weight is 312 g/mol. The van der Waals surface area contributed by atoms with E-state index >= 15 is 0 Å². The minimum absolute atomic E-state index is 0.561. The van der Waals surface area contributed by atoms with E-state index in [0.717, 1.165) is 6.61 Å². The van der Waals surface area contributed by atoms with E-state index < -0.39 is 0 Å². The fourth-order valence-electron chi connectivity index (χ4n) is 3.48. The fraction of sp³-hybridized carbons (Fsp3) is 1.00. The Hall–Kier alpha value is -0.0800. The second-order valence-electron chi connectivity index (χ2n) is 7.47. The van der Waals surface area contributed by atoms with Crippen molar-refractivity contribution in [3.05, 3.63) is 0 Å². The predicted octanol–water partition coefficient (Wildman–Crippen LogP) is 5.80. The lowest BCUT2D eigenvalue weighted by atomic mass is 10.0. The summed E-state index contributed by atoms with van der Waals surface area (Å²) in [4.78, 5) is 2.36. The van der Waals surface area contributed by atoms with Gasteiger partial charge in [-0.3, -0.25) is 0 Å². The molecule has 0 saturated heterocycles. The van der Waals surface area contributed by atoms with E-state index in [9.17, 15) is 0 Å². The molecule has 0 radical (unpaired) electrons. The molecule has 2 heteroatoms. The highest BCUT2D eigenvalue weighted by molar-refractivity contribution is 4.71. The maximum absolute atomic E-state index is 6.12. The normalized spacial score (nSPS) is 17.5. The summed E-state index contributed by atoms with van der Waals surface area (Å²) in [5, 5.41) is 0. The Morgan fingerprint density at radius 2 is 1.41 bits per heavy atom. The van der Waals surface area contributed by atoms with Crippen LogP contribution in [0, 0.1) is 0 Å².